The van der Waals surface area contributed by atoms with Crippen LogP contribution >= 0.6 is 15.9 Å². The van der Waals surface area contributed by atoms with Crippen LogP contribution < -0.4 is 10.1 Å². The van der Waals surface area contributed by atoms with Crippen molar-refractivity contribution in [3.63, 3.8) is 0 Å². The van der Waals surface area contributed by atoms with Gasteiger partial charge >= 0.3 is 0 Å². The summed E-state index contributed by atoms with van der Waals surface area (Å²) in [5, 5.41) is 12.5. The molecule has 0 aromatic heterocycles. The number of nitrogens with one attached hydrogen (secondary N) is 1. The van der Waals surface area contributed by atoms with E-state index in [1.165, 1.54) is 0 Å². The molecule has 0 saturated heterocycles. The molecule has 0 heterocycles. The van der Waals surface area contributed by atoms with Crippen molar-refractivity contribution in [3.05, 3.63) is 28.2 Å². The Morgan fingerprint density at radius 3 is 2.94 bits per heavy atom. The van der Waals surface area contributed by atoms with E-state index in [2.05, 4.69) is 21.2 Å². The molecule has 4 nitrogen and oxygen atoms in total. The van der Waals surface area contributed by atoms with Crippen molar-refractivity contribution < 1.29 is 14.6 Å². The van der Waals surface area contributed by atoms with Gasteiger partial charge in [0.25, 0.3) is 5.91 Å². The van der Waals surface area contributed by atoms with E-state index in [9.17, 15) is 9.90 Å². The van der Waals surface area contributed by atoms with Gasteiger partial charge in [0.2, 0.25) is 0 Å². The first kappa shape index (κ1) is 13.4. The molecule has 1 aliphatic rings. The maximum atomic E-state index is 11.5. The van der Waals surface area contributed by atoms with Crippen LogP contribution in [0.15, 0.2) is 22.7 Å². The fraction of sp³-hybridized carbons (Fsp3) is 0.462. The van der Waals surface area contributed by atoms with E-state index in [-0.39, 0.29) is 12.5 Å². The van der Waals surface area contributed by atoms with E-state index in [0.29, 0.717) is 17.4 Å². The summed E-state index contributed by atoms with van der Waals surface area (Å²) < 4.78 is 6.32. The fourth-order valence-electron chi connectivity index (χ4n) is 1.62. The molecule has 1 saturated carbocycles. The van der Waals surface area contributed by atoms with Crippen LogP contribution in [0.25, 0.3) is 0 Å². The van der Waals surface area contributed by atoms with E-state index >= 15 is 0 Å². The minimum Gasteiger partial charge on any atom is -0.483 e. The average Bonchev–Trinajstić information content (AvgIpc) is 3.10. The first-order chi connectivity index (χ1) is 8.56. The third kappa shape index (κ3) is 3.71. The Labute approximate surface area is 114 Å². The lowest BCUT2D eigenvalue weighted by Gasteiger charge is -2.13. The Morgan fingerprint density at radius 1 is 1.61 bits per heavy atom. The van der Waals surface area contributed by atoms with E-state index < -0.39 is 6.10 Å². The van der Waals surface area contributed by atoms with Crippen LogP contribution in [0, 0.1) is 0 Å². The van der Waals surface area contributed by atoms with Gasteiger partial charge in [0.15, 0.2) is 6.61 Å². The number of aliphatic hydroxyl groups is 1. The highest BCUT2D eigenvalue weighted by atomic mass is 79.9. The molecule has 1 aliphatic carbocycles. The molecule has 0 radical (unpaired) electrons. The van der Waals surface area contributed by atoms with Crippen molar-refractivity contribution >= 4 is 21.8 Å². The lowest BCUT2D eigenvalue weighted by atomic mass is 10.1. The molecule has 5 heteroatoms. The number of halogens is 1. The Hall–Kier alpha value is -1.07. The quantitative estimate of drug-likeness (QED) is 0.875. The SMILES string of the molecule is C[C@H](O)c1ccc(Br)cc1OCC(=O)NC1CC1. The van der Waals surface area contributed by atoms with Crippen molar-refractivity contribution in [1.82, 2.24) is 5.32 Å². The molecule has 0 bridgehead atoms. The molecule has 1 aromatic carbocycles. The molecule has 1 atom stereocenters. The van der Waals surface area contributed by atoms with Gasteiger partial charge in [-0.1, -0.05) is 22.0 Å². The second-order valence-corrected chi connectivity index (χ2v) is 5.40. The molecular weight excluding hydrogens is 298 g/mol. The zero-order valence-corrected chi connectivity index (χ0v) is 11.7. The second kappa shape index (κ2) is 5.71. The van der Waals surface area contributed by atoms with Gasteiger partial charge in [-0.05, 0) is 31.9 Å². The Balaban J connectivity index is 1.98. The molecule has 1 fully saturated rings. The van der Waals surface area contributed by atoms with Crippen molar-refractivity contribution in [3.8, 4) is 5.75 Å². The Bertz CT molecular complexity index is 444. The Kier molecular flexibility index (Phi) is 4.24. The molecule has 0 spiro atoms. The van der Waals surface area contributed by atoms with Crippen LogP contribution in [0.1, 0.15) is 31.4 Å². The predicted molar refractivity (Wildman–Crippen MR) is 71.4 cm³/mol. The summed E-state index contributed by atoms with van der Waals surface area (Å²) in [6, 6.07) is 5.70. The number of benzene rings is 1. The van der Waals surface area contributed by atoms with E-state index in [0.717, 1.165) is 17.3 Å². The first-order valence-electron chi connectivity index (χ1n) is 5.96. The fourth-order valence-corrected chi connectivity index (χ4v) is 1.96. The van der Waals surface area contributed by atoms with E-state index in [1.807, 2.05) is 6.07 Å². The normalized spacial score (nSPS) is 16.2. The number of hydrogen-bond donors (Lipinski definition) is 2. The highest BCUT2D eigenvalue weighted by molar-refractivity contribution is 9.10. The molecule has 2 N–H and O–H groups in total. The van der Waals surface area contributed by atoms with Crippen LogP contribution in [-0.4, -0.2) is 23.7 Å². The highest BCUT2D eigenvalue weighted by Crippen LogP contribution is 2.28. The van der Waals surface area contributed by atoms with Crippen LogP contribution in [0.5, 0.6) is 5.75 Å². The van der Waals surface area contributed by atoms with Gasteiger partial charge in [0, 0.05) is 16.1 Å². The summed E-state index contributed by atoms with van der Waals surface area (Å²) in [7, 11) is 0. The molecule has 98 valence electrons. The molecule has 1 aromatic rings. The van der Waals surface area contributed by atoms with Gasteiger partial charge in [0.1, 0.15) is 5.75 Å². The molecule has 2 rings (SSSR count). The summed E-state index contributed by atoms with van der Waals surface area (Å²) in [6.45, 7) is 1.65. The number of aliphatic hydroxyl groups excluding tert-OH is 1. The van der Waals surface area contributed by atoms with Crippen LogP contribution in [0.2, 0.25) is 0 Å². The van der Waals surface area contributed by atoms with Gasteiger partial charge in [-0.15, -0.1) is 0 Å². The lowest BCUT2D eigenvalue weighted by molar-refractivity contribution is -0.123. The summed E-state index contributed by atoms with van der Waals surface area (Å²) in [4.78, 5) is 11.5. The van der Waals surface area contributed by atoms with Crippen molar-refractivity contribution in [2.75, 3.05) is 6.61 Å². The zero-order chi connectivity index (χ0) is 13.1. The van der Waals surface area contributed by atoms with Crippen LogP contribution in [0.4, 0.5) is 0 Å². The molecule has 0 aliphatic heterocycles. The molecule has 18 heavy (non-hydrogen) atoms. The van der Waals surface area contributed by atoms with Gasteiger partial charge in [-0.2, -0.15) is 0 Å². The predicted octanol–water partition coefficient (Wildman–Crippen LogP) is 2.16. The minimum absolute atomic E-state index is 0.0212. The average molecular weight is 314 g/mol. The van der Waals surface area contributed by atoms with Gasteiger partial charge in [-0.3, -0.25) is 4.79 Å². The topological polar surface area (TPSA) is 58.6 Å². The summed E-state index contributed by atoms with van der Waals surface area (Å²) in [6.07, 6.45) is 1.49. The summed E-state index contributed by atoms with van der Waals surface area (Å²) in [5.41, 5.74) is 0.678. The highest BCUT2D eigenvalue weighted by Gasteiger charge is 2.23. The summed E-state index contributed by atoms with van der Waals surface area (Å²) >= 11 is 3.34. The van der Waals surface area contributed by atoms with Crippen LogP contribution in [-0.2, 0) is 4.79 Å². The third-order valence-corrected chi connectivity index (χ3v) is 3.22. The first-order valence-corrected chi connectivity index (χ1v) is 6.75. The number of amides is 1. The van der Waals surface area contributed by atoms with Gasteiger partial charge in [0.05, 0.1) is 6.10 Å². The Morgan fingerprint density at radius 2 is 2.33 bits per heavy atom. The number of carbonyl (C=O) groups is 1. The number of hydrogen-bond acceptors (Lipinski definition) is 3. The molecule has 1 amide bonds. The molecule has 0 unspecified atom stereocenters. The smallest absolute Gasteiger partial charge is 0.258 e. The number of ether oxygens (including phenoxy) is 1. The van der Waals surface area contributed by atoms with E-state index in [4.69, 9.17) is 4.74 Å². The largest absolute Gasteiger partial charge is 0.483 e. The maximum Gasteiger partial charge on any atom is 0.258 e. The second-order valence-electron chi connectivity index (χ2n) is 4.49. The standard InChI is InChI=1S/C13H16BrNO3/c1-8(16)11-5-2-9(14)6-12(11)18-7-13(17)15-10-3-4-10/h2,5-6,8,10,16H,3-4,7H2,1H3,(H,15,17)/t8-/m0/s1. The van der Waals surface area contributed by atoms with Gasteiger partial charge in [-0.25, -0.2) is 0 Å². The summed E-state index contributed by atoms with van der Waals surface area (Å²) in [5.74, 6) is 0.416. The van der Waals surface area contributed by atoms with Crippen molar-refractivity contribution in [2.45, 2.75) is 31.9 Å². The number of rotatable bonds is 5. The van der Waals surface area contributed by atoms with E-state index in [1.54, 1.807) is 19.1 Å². The van der Waals surface area contributed by atoms with Crippen molar-refractivity contribution in [1.29, 1.82) is 0 Å². The lowest BCUT2D eigenvalue weighted by Crippen LogP contribution is -2.30. The maximum absolute atomic E-state index is 11.5. The van der Waals surface area contributed by atoms with Crippen LogP contribution in [0.3, 0.4) is 0 Å². The third-order valence-electron chi connectivity index (χ3n) is 2.73. The molecular formula is C13H16BrNO3. The van der Waals surface area contributed by atoms with Crippen molar-refractivity contribution in [2.24, 2.45) is 0 Å². The number of carbonyl (C=O) groups excluding carboxylic acids is 1. The van der Waals surface area contributed by atoms with Gasteiger partial charge < -0.3 is 15.2 Å². The monoisotopic (exact) mass is 313 g/mol. The minimum atomic E-state index is -0.625. The zero-order valence-electron chi connectivity index (χ0n) is 10.1.